The summed E-state index contributed by atoms with van der Waals surface area (Å²) >= 11 is 0. The van der Waals surface area contributed by atoms with Crippen LogP contribution in [-0.4, -0.2) is 35.3 Å². The maximum atomic E-state index is 12.8. The molecule has 2 aliphatic rings. The van der Waals surface area contributed by atoms with E-state index in [9.17, 15) is 18.3 Å². The highest BCUT2D eigenvalue weighted by Crippen LogP contribution is 2.41. The molecule has 0 amide bonds. The zero-order chi connectivity index (χ0) is 16.9. The van der Waals surface area contributed by atoms with Gasteiger partial charge in [0.2, 0.25) is 0 Å². The maximum Gasteiger partial charge on any atom is 0.416 e. The van der Waals surface area contributed by atoms with Gasteiger partial charge in [0, 0.05) is 25.0 Å². The number of alkyl halides is 3. The first kappa shape index (κ1) is 15.3. The summed E-state index contributed by atoms with van der Waals surface area (Å²) in [7, 11) is 0. The van der Waals surface area contributed by atoms with Gasteiger partial charge in [-0.05, 0) is 42.8 Å². The third kappa shape index (κ3) is 2.49. The predicted octanol–water partition coefficient (Wildman–Crippen LogP) is 3.19. The van der Waals surface area contributed by atoms with Crippen LogP contribution >= 0.6 is 0 Å². The third-order valence-electron chi connectivity index (χ3n) is 4.62. The number of rotatable bonds is 1. The van der Waals surface area contributed by atoms with Gasteiger partial charge in [-0.15, -0.1) is 0 Å². The summed E-state index contributed by atoms with van der Waals surface area (Å²) < 4.78 is 38.3. The standard InChI is InChI=1S/C17H16F3N3O/c18-17(19,20)11-3-5-12(6-4-11)22-9-13-8-14(24)10-23(13)16-15(22)2-1-7-21-16/h1-7,13-14,24H,8-10H2/t13-,14-/m1/s1. The summed E-state index contributed by atoms with van der Waals surface area (Å²) in [5.74, 6) is 0.769. The average Bonchev–Trinajstić information content (AvgIpc) is 2.94. The molecule has 0 spiro atoms. The minimum Gasteiger partial charge on any atom is -0.391 e. The molecule has 2 atom stereocenters. The largest absolute Gasteiger partial charge is 0.416 e. The molecule has 0 bridgehead atoms. The maximum absolute atomic E-state index is 12.8. The highest BCUT2D eigenvalue weighted by Gasteiger charge is 2.39. The molecule has 2 aliphatic heterocycles. The Hall–Kier alpha value is -2.28. The van der Waals surface area contributed by atoms with Crippen molar-refractivity contribution in [3.05, 3.63) is 48.2 Å². The number of pyridine rings is 1. The van der Waals surface area contributed by atoms with Crippen LogP contribution in [0, 0.1) is 0 Å². The van der Waals surface area contributed by atoms with Crippen LogP contribution in [0.4, 0.5) is 30.4 Å². The van der Waals surface area contributed by atoms with Gasteiger partial charge in [-0.3, -0.25) is 0 Å². The second kappa shape index (κ2) is 5.37. The van der Waals surface area contributed by atoms with Crippen LogP contribution in [-0.2, 0) is 6.18 Å². The van der Waals surface area contributed by atoms with E-state index >= 15 is 0 Å². The molecule has 1 fully saturated rings. The number of benzene rings is 1. The van der Waals surface area contributed by atoms with Crippen molar-refractivity contribution in [2.45, 2.75) is 24.7 Å². The normalized spacial score (nSPS) is 23.2. The van der Waals surface area contributed by atoms with Crippen molar-refractivity contribution < 1.29 is 18.3 Å². The summed E-state index contributed by atoms with van der Waals surface area (Å²) in [5.41, 5.74) is 0.883. The van der Waals surface area contributed by atoms with Crippen molar-refractivity contribution in [1.82, 2.24) is 4.98 Å². The van der Waals surface area contributed by atoms with Crippen molar-refractivity contribution >= 4 is 17.2 Å². The van der Waals surface area contributed by atoms with E-state index in [1.165, 1.54) is 12.1 Å². The molecule has 4 nitrogen and oxygen atoms in total. The van der Waals surface area contributed by atoms with Gasteiger partial charge in [0.05, 0.1) is 23.4 Å². The fourth-order valence-electron chi connectivity index (χ4n) is 3.53. The Bertz CT molecular complexity index is 747. The van der Waals surface area contributed by atoms with Crippen LogP contribution in [0.15, 0.2) is 42.6 Å². The van der Waals surface area contributed by atoms with Crippen molar-refractivity contribution in [3.8, 4) is 0 Å². The van der Waals surface area contributed by atoms with Gasteiger partial charge < -0.3 is 14.9 Å². The van der Waals surface area contributed by atoms with Crippen LogP contribution in [0.2, 0.25) is 0 Å². The molecular formula is C17H16F3N3O. The smallest absolute Gasteiger partial charge is 0.391 e. The van der Waals surface area contributed by atoms with Gasteiger partial charge in [0.1, 0.15) is 0 Å². The molecule has 1 N–H and O–H groups in total. The van der Waals surface area contributed by atoms with Crippen molar-refractivity contribution in [1.29, 1.82) is 0 Å². The zero-order valence-electron chi connectivity index (χ0n) is 12.7. The molecule has 24 heavy (non-hydrogen) atoms. The number of halogens is 3. The van der Waals surface area contributed by atoms with Crippen molar-refractivity contribution in [2.24, 2.45) is 0 Å². The molecule has 1 saturated heterocycles. The molecule has 7 heteroatoms. The number of hydrogen-bond acceptors (Lipinski definition) is 4. The molecule has 0 aliphatic carbocycles. The first-order valence-corrected chi connectivity index (χ1v) is 7.78. The van der Waals surface area contributed by atoms with Gasteiger partial charge in [0.25, 0.3) is 0 Å². The van der Waals surface area contributed by atoms with E-state index in [4.69, 9.17) is 0 Å². The molecular weight excluding hydrogens is 319 g/mol. The molecule has 126 valence electrons. The topological polar surface area (TPSA) is 39.6 Å². The van der Waals surface area contributed by atoms with E-state index in [0.717, 1.165) is 23.6 Å². The van der Waals surface area contributed by atoms with E-state index in [1.54, 1.807) is 6.20 Å². The number of fused-ring (bicyclic) bond motifs is 3. The number of nitrogens with zero attached hydrogens (tertiary/aromatic N) is 3. The lowest BCUT2D eigenvalue weighted by atomic mass is 10.1. The third-order valence-corrected chi connectivity index (χ3v) is 4.62. The first-order chi connectivity index (χ1) is 11.4. The van der Waals surface area contributed by atoms with Crippen LogP contribution in [0.5, 0.6) is 0 Å². The Balaban J connectivity index is 1.72. The highest BCUT2D eigenvalue weighted by molar-refractivity contribution is 5.77. The molecule has 1 aromatic heterocycles. The summed E-state index contributed by atoms with van der Waals surface area (Å²) in [5, 5.41) is 9.96. The Morgan fingerprint density at radius 1 is 1.08 bits per heavy atom. The van der Waals surface area contributed by atoms with E-state index in [2.05, 4.69) is 9.88 Å². The van der Waals surface area contributed by atoms with Gasteiger partial charge in [-0.25, -0.2) is 4.98 Å². The number of aliphatic hydroxyl groups excluding tert-OH is 1. The van der Waals surface area contributed by atoms with E-state index in [-0.39, 0.29) is 6.04 Å². The van der Waals surface area contributed by atoms with E-state index in [1.807, 2.05) is 17.0 Å². The quantitative estimate of drug-likeness (QED) is 0.869. The molecule has 2 aromatic rings. The highest BCUT2D eigenvalue weighted by atomic mass is 19.4. The van der Waals surface area contributed by atoms with Crippen molar-refractivity contribution in [2.75, 3.05) is 22.9 Å². The van der Waals surface area contributed by atoms with Gasteiger partial charge in [-0.1, -0.05) is 0 Å². The molecule has 0 radical (unpaired) electrons. The molecule has 0 unspecified atom stereocenters. The summed E-state index contributed by atoms with van der Waals surface area (Å²) in [6.45, 7) is 1.15. The first-order valence-electron chi connectivity index (χ1n) is 7.78. The van der Waals surface area contributed by atoms with E-state index < -0.39 is 17.8 Å². The summed E-state index contributed by atoms with van der Waals surface area (Å²) in [4.78, 5) is 8.48. The Labute approximate surface area is 137 Å². The molecule has 1 aromatic carbocycles. The predicted molar refractivity (Wildman–Crippen MR) is 84.4 cm³/mol. The Morgan fingerprint density at radius 2 is 1.83 bits per heavy atom. The van der Waals surface area contributed by atoms with Crippen LogP contribution < -0.4 is 9.80 Å². The van der Waals surface area contributed by atoms with Crippen LogP contribution in [0.3, 0.4) is 0 Å². The minimum atomic E-state index is -4.34. The lowest BCUT2D eigenvalue weighted by Gasteiger charge is -2.40. The van der Waals surface area contributed by atoms with Gasteiger partial charge in [-0.2, -0.15) is 13.2 Å². The molecule has 3 heterocycles. The fraction of sp³-hybridized carbons (Fsp3) is 0.353. The average molecular weight is 335 g/mol. The monoisotopic (exact) mass is 335 g/mol. The number of aromatic nitrogens is 1. The number of hydrogen-bond donors (Lipinski definition) is 1. The zero-order valence-corrected chi connectivity index (χ0v) is 12.7. The van der Waals surface area contributed by atoms with Gasteiger partial charge in [0.15, 0.2) is 5.82 Å². The minimum absolute atomic E-state index is 0.102. The Kier molecular flexibility index (Phi) is 3.42. The fourth-order valence-corrected chi connectivity index (χ4v) is 3.53. The van der Waals surface area contributed by atoms with Crippen LogP contribution in [0.1, 0.15) is 12.0 Å². The molecule has 0 saturated carbocycles. The summed E-state index contributed by atoms with van der Waals surface area (Å²) in [6, 6.07) is 8.98. The number of anilines is 3. The second-order valence-corrected chi connectivity index (χ2v) is 6.20. The SMILES string of the molecule is O[C@@H]1C[C@@H]2CN(c3ccc(C(F)(F)F)cc3)c3cccnc3N2C1. The van der Waals surface area contributed by atoms with Gasteiger partial charge >= 0.3 is 6.18 Å². The lowest BCUT2D eigenvalue weighted by molar-refractivity contribution is -0.137. The van der Waals surface area contributed by atoms with E-state index in [0.29, 0.717) is 25.2 Å². The van der Waals surface area contributed by atoms with Crippen LogP contribution in [0.25, 0.3) is 0 Å². The Morgan fingerprint density at radius 3 is 2.54 bits per heavy atom. The number of aliphatic hydroxyl groups is 1. The molecule has 4 rings (SSSR count). The lowest BCUT2D eigenvalue weighted by Crippen LogP contribution is -2.44. The van der Waals surface area contributed by atoms with Crippen molar-refractivity contribution in [3.63, 3.8) is 0 Å². The summed E-state index contributed by atoms with van der Waals surface area (Å²) in [6.07, 6.45) is -2.42. The second-order valence-electron chi connectivity index (χ2n) is 6.20.